The maximum atomic E-state index is 11.2. The van der Waals surface area contributed by atoms with Crippen LogP contribution in [0.4, 0.5) is 0 Å². The third kappa shape index (κ3) is 20.1. The van der Waals surface area contributed by atoms with Crippen LogP contribution >= 0.6 is 0 Å². The second-order valence-corrected chi connectivity index (χ2v) is 6.00. The fraction of sp³-hybridized carbons (Fsp3) is 0.889. The predicted octanol–water partition coefficient (Wildman–Crippen LogP) is 1.65. The maximum Gasteiger partial charge on any atom is 1.00 e. The molecule has 0 fully saturated rings. The molecule has 0 bridgehead atoms. The molecule has 1 N–H and O–H groups in total. The largest absolute Gasteiger partial charge is 1.00 e. The van der Waals surface area contributed by atoms with Gasteiger partial charge in [0, 0.05) is 6.42 Å². The molecule has 0 heterocycles. The van der Waals surface area contributed by atoms with E-state index in [1.54, 1.807) is 0 Å². The Labute approximate surface area is 165 Å². The summed E-state index contributed by atoms with van der Waals surface area (Å²) in [6, 6.07) is 0. The van der Waals surface area contributed by atoms with Crippen molar-refractivity contribution >= 4 is 11.9 Å². The minimum Gasteiger partial charge on any atom is -1.00 e. The Hall–Kier alpha value is 0.1000. The Balaban J connectivity index is -0.00000220. The van der Waals surface area contributed by atoms with Gasteiger partial charge in [-0.05, 0) is 6.42 Å². The van der Waals surface area contributed by atoms with Crippen molar-refractivity contribution in [2.45, 2.75) is 96.8 Å². The monoisotopic (exact) mass is 338 g/mol. The fourth-order valence-electron chi connectivity index (χ4n) is 2.50. The molecule has 23 heavy (non-hydrogen) atoms. The number of ether oxygens (including phenoxy) is 1. The minimum atomic E-state index is -0.861. The predicted molar refractivity (Wildman–Crippen MR) is 89.6 cm³/mol. The average Bonchev–Trinajstić information content (AvgIpc) is 2.51. The van der Waals surface area contributed by atoms with Gasteiger partial charge in [-0.3, -0.25) is 4.79 Å². The minimum absolute atomic E-state index is 0. The zero-order valence-corrected chi connectivity index (χ0v) is 17.3. The van der Waals surface area contributed by atoms with Crippen LogP contribution in [0.15, 0.2) is 0 Å². The van der Waals surface area contributed by atoms with E-state index in [1.165, 1.54) is 64.2 Å². The molecule has 0 aliphatic carbocycles. The molecule has 0 atom stereocenters. The maximum absolute atomic E-state index is 11.2. The van der Waals surface area contributed by atoms with Crippen molar-refractivity contribution < 1.29 is 50.4 Å². The number of aliphatic hydroxyl groups is 1. The molecular weight excluding hydrogens is 303 g/mol. The van der Waals surface area contributed by atoms with E-state index < -0.39 is 18.5 Å². The van der Waals surface area contributed by atoms with Crippen molar-refractivity contribution in [3.05, 3.63) is 0 Å². The molecule has 0 saturated heterocycles. The normalized spacial score (nSPS) is 10.2. The van der Waals surface area contributed by atoms with Gasteiger partial charge in [0.25, 0.3) is 0 Å². The number of esters is 2. The summed E-state index contributed by atoms with van der Waals surface area (Å²) < 4.78 is 4.38. The Morgan fingerprint density at radius 3 is 1.52 bits per heavy atom. The van der Waals surface area contributed by atoms with Crippen LogP contribution in [0.3, 0.4) is 0 Å². The Kier molecular flexibility index (Phi) is 22.2. The molecule has 0 saturated carbocycles. The van der Waals surface area contributed by atoms with Crippen molar-refractivity contribution in [3.63, 3.8) is 0 Å². The summed E-state index contributed by atoms with van der Waals surface area (Å²) in [5.41, 5.74) is 0. The van der Waals surface area contributed by atoms with Crippen LogP contribution in [0.25, 0.3) is 0 Å². The molecule has 0 aliphatic rings. The molecule has 0 amide bonds. The van der Waals surface area contributed by atoms with Crippen LogP contribution in [0.2, 0.25) is 0 Å². The molecule has 5 heteroatoms. The van der Waals surface area contributed by atoms with Crippen LogP contribution in [0.1, 0.15) is 98.2 Å². The quantitative estimate of drug-likeness (QED) is 0.213. The van der Waals surface area contributed by atoms with Crippen LogP contribution in [-0.2, 0) is 14.3 Å². The van der Waals surface area contributed by atoms with Gasteiger partial charge in [-0.15, -0.1) is 0 Å². The van der Waals surface area contributed by atoms with Crippen molar-refractivity contribution in [2.75, 3.05) is 6.61 Å². The number of carbonyl (C=O) groups excluding carboxylic acids is 2. The van der Waals surface area contributed by atoms with E-state index in [1.807, 2.05) is 0 Å². The van der Waals surface area contributed by atoms with Gasteiger partial charge >= 0.3 is 41.5 Å². The van der Waals surface area contributed by atoms with Crippen LogP contribution in [0.5, 0.6) is 0 Å². The molecule has 0 aromatic carbocycles. The number of unbranched alkanes of at least 4 members (excludes halogenated alkanes) is 12. The van der Waals surface area contributed by atoms with Gasteiger partial charge in [0.15, 0.2) is 0 Å². The van der Waals surface area contributed by atoms with Gasteiger partial charge in [-0.25, -0.2) is 4.79 Å². The van der Waals surface area contributed by atoms with Crippen molar-refractivity contribution in [1.29, 1.82) is 0 Å². The Morgan fingerprint density at radius 1 is 0.739 bits per heavy atom. The number of rotatable bonds is 15. The summed E-state index contributed by atoms with van der Waals surface area (Å²) >= 11 is 0. The van der Waals surface area contributed by atoms with E-state index in [4.69, 9.17) is 5.11 Å². The second-order valence-electron chi connectivity index (χ2n) is 6.00. The van der Waals surface area contributed by atoms with Crippen molar-refractivity contribution in [3.8, 4) is 0 Å². The first-order chi connectivity index (χ1) is 10.7. The number of aliphatic hydroxyl groups excluding tert-OH is 1. The van der Waals surface area contributed by atoms with Gasteiger partial charge in [-0.2, -0.15) is 0 Å². The summed E-state index contributed by atoms with van der Waals surface area (Å²) in [6.07, 6.45) is 16.6. The summed E-state index contributed by atoms with van der Waals surface area (Å²) in [5.74, 6) is -1.39. The van der Waals surface area contributed by atoms with E-state index in [2.05, 4.69) is 11.7 Å². The summed E-state index contributed by atoms with van der Waals surface area (Å²) in [4.78, 5) is 21.8. The molecule has 0 aromatic heterocycles. The summed E-state index contributed by atoms with van der Waals surface area (Å²) in [6.45, 7) is 1.52. The van der Waals surface area contributed by atoms with Crippen molar-refractivity contribution in [1.82, 2.24) is 0 Å². The van der Waals surface area contributed by atoms with E-state index >= 15 is 0 Å². The Morgan fingerprint density at radius 2 is 1.13 bits per heavy atom. The van der Waals surface area contributed by atoms with Gasteiger partial charge in [0.1, 0.15) is 6.61 Å². The topological polar surface area (TPSA) is 63.6 Å². The third-order valence-corrected chi connectivity index (χ3v) is 3.84. The van der Waals surface area contributed by atoms with Crippen LogP contribution < -0.4 is 29.6 Å². The van der Waals surface area contributed by atoms with Gasteiger partial charge < -0.3 is 11.3 Å². The second kappa shape index (κ2) is 20.1. The molecule has 0 aromatic rings. The van der Waals surface area contributed by atoms with E-state index in [9.17, 15) is 9.59 Å². The molecule has 4 nitrogen and oxygen atoms in total. The number of hydrogen-bond acceptors (Lipinski definition) is 4. The third-order valence-electron chi connectivity index (χ3n) is 3.84. The molecule has 0 unspecified atom stereocenters. The number of carbonyl (C=O) groups is 2. The van der Waals surface area contributed by atoms with E-state index in [-0.39, 0.29) is 37.4 Å². The standard InChI is InChI=1S/C18H34O4.Na.H/c1-2-3-4-5-6-7-8-9-10-11-12-13-14-15-17(20)22-18(21)16-19;;/h19H,2-16H2,1H3;;/q;+1;-1. The fourth-order valence-corrected chi connectivity index (χ4v) is 2.50. The summed E-state index contributed by atoms with van der Waals surface area (Å²) in [7, 11) is 0. The number of hydrogen-bond donors (Lipinski definition) is 1. The first kappa shape index (κ1) is 25.3. The van der Waals surface area contributed by atoms with Gasteiger partial charge in [-0.1, -0.05) is 84.0 Å². The zero-order valence-electron chi connectivity index (χ0n) is 16.3. The zero-order chi connectivity index (χ0) is 16.5. The van der Waals surface area contributed by atoms with E-state index in [0.717, 1.165) is 19.3 Å². The smallest absolute Gasteiger partial charge is 1.00 e. The Bertz CT molecular complexity index is 288. The van der Waals surface area contributed by atoms with E-state index in [0.29, 0.717) is 0 Å². The van der Waals surface area contributed by atoms with Gasteiger partial charge in [0.05, 0.1) is 0 Å². The SMILES string of the molecule is CCCCCCCCCCCCCCCC(=O)OC(=O)CO.[H-].[Na+]. The molecule has 0 rings (SSSR count). The first-order valence-corrected chi connectivity index (χ1v) is 9.05. The van der Waals surface area contributed by atoms with Gasteiger partial charge in [0.2, 0.25) is 0 Å². The summed E-state index contributed by atoms with van der Waals surface area (Å²) in [5, 5.41) is 8.44. The molecule has 0 aliphatic heterocycles. The van der Waals surface area contributed by atoms with Crippen molar-refractivity contribution in [2.24, 2.45) is 0 Å². The van der Waals surface area contributed by atoms with Crippen LogP contribution in [0, 0.1) is 0 Å². The average molecular weight is 338 g/mol. The van der Waals surface area contributed by atoms with Crippen LogP contribution in [-0.4, -0.2) is 23.7 Å². The first-order valence-electron chi connectivity index (χ1n) is 9.05. The molecule has 0 spiro atoms. The molecular formula is C18H35NaO4. The molecule has 132 valence electrons. The molecule has 0 radical (unpaired) electrons.